The zero-order chi connectivity index (χ0) is 22.8. The van der Waals surface area contributed by atoms with Gasteiger partial charge in [0.15, 0.2) is 12.2 Å². The van der Waals surface area contributed by atoms with Gasteiger partial charge in [-0.15, -0.1) is 0 Å². The van der Waals surface area contributed by atoms with E-state index >= 15 is 0 Å². The number of benzene rings is 2. The summed E-state index contributed by atoms with van der Waals surface area (Å²) in [7, 11) is 0. The predicted molar refractivity (Wildman–Crippen MR) is 122 cm³/mol. The second kappa shape index (κ2) is 8.86. The molecule has 0 aliphatic carbocycles. The van der Waals surface area contributed by atoms with Crippen LogP contribution in [0, 0.1) is 13.8 Å². The van der Waals surface area contributed by atoms with Gasteiger partial charge in [-0.2, -0.15) is 5.10 Å². The Kier molecular flexibility index (Phi) is 5.99. The molecule has 0 radical (unpaired) electrons. The van der Waals surface area contributed by atoms with Crippen molar-refractivity contribution in [3.8, 4) is 17.0 Å². The number of rotatable bonds is 8. The maximum absolute atomic E-state index is 10.8. The molecule has 0 bridgehead atoms. The zero-order valence-electron chi connectivity index (χ0n) is 18.8. The molecule has 0 fully saturated rings. The molecular formula is C25H27N3O4. The van der Waals surface area contributed by atoms with Gasteiger partial charge in [-0.3, -0.25) is 4.68 Å². The van der Waals surface area contributed by atoms with Gasteiger partial charge in [0.1, 0.15) is 5.75 Å². The number of aliphatic carboxylic acids is 1. The molecule has 32 heavy (non-hydrogen) atoms. The highest BCUT2D eigenvalue weighted by molar-refractivity contribution is 5.82. The first-order valence-corrected chi connectivity index (χ1v) is 10.7. The minimum absolute atomic E-state index is 0.245. The number of fused-ring (bicyclic) bond motifs is 1. The van der Waals surface area contributed by atoms with E-state index in [1.165, 1.54) is 5.56 Å². The predicted octanol–water partition coefficient (Wildman–Crippen LogP) is 5.14. The number of ether oxygens (including phenoxy) is 1. The molecule has 2 aromatic carbocycles. The van der Waals surface area contributed by atoms with Gasteiger partial charge in [0.2, 0.25) is 0 Å². The number of hydrogen-bond acceptors (Lipinski definition) is 5. The summed E-state index contributed by atoms with van der Waals surface area (Å²) < 4.78 is 12.9. The Bertz CT molecular complexity index is 1250. The highest BCUT2D eigenvalue weighted by atomic mass is 16.5. The largest absolute Gasteiger partial charge is 0.481 e. The summed E-state index contributed by atoms with van der Waals surface area (Å²) in [4.78, 5) is 10.8. The standard InChI is InChI=1S/C25H27N3O4/c1-15(2)28-19(12-22(26-28)18-7-5-16(3)6-8-18)9-10-21-20-11-17(4)23(31-14-25(29)30)13-24(20)32-27-21/h5-8,11-13,15H,9-10,14H2,1-4H3,(H,29,30). The molecule has 4 rings (SSSR count). The number of aryl methyl sites for hydroxylation is 4. The van der Waals surface area contributed by atoms with Crippen LogP contribution in [0.3, 0.4) is 0 Å². The van der Waals surface area contributed by atoms with Crippen LogP contribution in [-0.4, -0.2) is 32.6 Å². The van der Waals surface area contributed by atoms with Crippen molar-refractivity contribution < 1.29 is 19.2 Å². The second-order valence-corrected chi connectivity index (χ2v) is 8.35. The van der Waals surface area contributed by atoms with Gasteiger partial charge in [-0.1, -0.05) is 35.0 Å². The Morgan fingerprint density at radius 1 is 1.12 bits per heavy atom. The van der Waals surface area contributed by atoms with Crippen molar-refractivity contribution in [2.45, 2.75) is 46.6 Å². The van der Waals surface area contributed by atoms with Crippen LogP contribution >= 0.6 is 0 Å². The fraction of sp³-hybridized carbons (Fsp3) is 0.320. The van der Waals surface area contributed by atoms with Crippen molar-refractivity contribution in [2.75, 3.05) is 6.61 Å². The van der Waals surface area contributed by atoms with E-state index in [9.17, 15) is 4.79 Å². The van der Waals surface area contributed by atoms with Crippen LogP contribution in [0.5, 0.6) is 5.75 Å². The van der Waals surface area contributed by atoms with Gasteiger partial charge in [0, 0.05) is 28.8 Å². The second-order valence-electron chi connectivity index (χ2n) is 8.35. The fourth-order valence-corrected chi connectivity index (χ4v) is 3.78. The van der Waals surface area contributed by atoms with Crippen molar-refractivity contribution in [3.63, 3.8) is 0 Å². The Labute approximate surface area is 186 Å². The molecule has 7 heteroatoms. The Morgan fingerprint density at radius 3 is 2.56 bits per heavy atom. The minimum atomic E-state index is -1.02. The number of hydrogen-bond donors (Lipinski definition) is 1. The lowest BCUT2D eigenvalue weighted by Crippen LogP contribution is -2.10. The molecule has 0 unspecified atom stereocenters. The molecule has 2 aromatic heterocycles. The summed E-state index contributed by atoms with van der Waals surface area (Å²) in [6, 6.07) is 14.4. The maximum atomic E-state index is 10.8. The van der Waals surface area contributed by atoms with Gasteiger partial charge in [-0.25, -0.2) is 4.79 Å². The first-order chi connectivity index (χ1) is 15.3. The van der Waals surface area contributed by atoms with Crippen molar-refractivity contribution in [2.24, 2.45) is 0 Å². The van der Waals surface area contributed by atoms with E-state index in [4.69, 9.17) is 19.5 Å². The van der Waals surface area contributed by atoms with E-state index < -0.39 is 12.6 Å². The SMILES string of the molecule is Cc1ccc(-c2cc(CCc3noc4cc(OCC(=O)O)c(C)cc34)n(C(C)C)n2)cc1. The molecule has 0 atom stereocenters. The molecule has 2 heterocycles. The summed E-state index contributed by atoms with van der Waals surface area (Å²) in [5, 5.41) is 18.9. The van der Waals surface area contributed by atoms with Gasteiger partial charge in [0.25, 0.3) is 0 Å². The normalized spacial score (nSPS) is 11.4. The highest BCUT2D eigenvalue weighted by Crippen LogP contribution is 2.29. The third-order valence-corrected chi connectivity index (χ3v) is 5.46. The van der Waals surface area contributed by atoms with Crippen LogP contribution in [0.2, 0.25) is 0 Å². The van der Waals surface area contributed by atoms with E-state index in [1.54, 1.807) is 6.07 Å². The van der Waals surface area contributed by atoms with Gasteiger partial charge < -0.3 is 14.4 Å². The summed E-state index contributed by atoms with van der Waals surface area (Å²) in [5.41, 5.74) is 6.73. The van der Waals surface area contributed by atoms with Crippen molar-refractivity contribution >= 4 is 16.9 Å². The lowest BCUT2D eigenvalue weighted by atomic mass is 10.1. The lowest BCUT2D eigenvalue weighted by molar-refractivity contribution is -0.139. The van der Waals surface area contributed by atoms with Crippen LogP contribution in [0.4, 0.5) is 0 Å². The average molecular weight is 434 g/mol. The van der Waals surface area contributed by atoms with Crippen LogP contribution in [-0.2, 0) is 17.6 Å². The molecule has 1 N–H and O–H groups in total. The number of aromatic nitrogens is 3. The fourth-order valence-electron chi connectivity index (χ4n) is 3.78. The van der Waals surface area contributed by atoms with Crippen molar-refractivity contribution in [3.05, 3.63) is 65.0 Å². The Hall–Kier alpha value is -3.61. The van der Waals surface area contributed by atoms with Crippen molar-refractivity contribution in [1.82, 2.24) is 14.9 Å². The van der Waals surface area contributed by atoms with E-state index in [-0.39, 0.29) is 6.04 Å². The average Bonchev–Trinajstić information content (AvgIpc) is 3.35. The lowest BCUT2D eigenvalue weighted by Gasteiger charge is -2.10. The van der Waals surface area contributed by atoms with Gasteiger partial charge >= 0.3 is 5.97 Å². The van der Waals surface area contributed by atoms with Crippen molar-refractivity contribution in [1.29, 1.82) is 0 Å². The van der Waals surface area contributed by atoms with E-state index in [0.717, 1.165) is 40.0 Å². The number of carboxylic acids is 1. The zero-order valence-corrected chi connectivity index (χ0v) is 18.8. The summed E-state index contributed by atoms with van der Waals surface area (Å²) in [6.45, 7) is 7.82. The highest BCUT2D eigenvalue weighted by Gasteiger charge is 2.16. The van der Waals surface area contributed by atoms with Crippen LogP contribution in [0.1, 0.15) is 42.4 Å². The molecule has 0 saturated heterocycles. The molecule has 0 saturated carbocycles. The van der Waals surface area contributed by atoms with E-state index in [0.29, 0.717) is 17.8 Å². The summed E-state index contributed by atoms with van der Waals surface area (Å²) >= 11 is 0. The van der Waals surface area contributed by atoms with Crippen LogP contribution < -0.4 is 4.74 Å². The number of carboxylic acid groups (broad SMARTS) is 1. The quantitative estimate of drug-likeness (QED) is 0.414. The third kappa shape index (κ3) is 4.51. The summed E-state index contributed by atoms with van der Waals surface area (Å²) in [6.07, 6.45) is 1.47. The number of nitrogens with zero attached hydrogens (tertiary/aromatic N) is 3. The van der Waals surface area contributed by atoms with Crippen LogP contribution in [0.25, 0.3) is 22.2 Å². The molecule has 4 aromatic rings. The topological polar surface area (TPSA) is 90.4 Å². The first-order valence-electron chi connectivity index (χ1n) is 10.7. The Morgan fingerprint density at radius 2 is 1.88 bits per heavy atom. The third-order valence-electron chi connectivity index (χ3n) is 5.46. The van der Waals surface area contributed by atoms with E-state index in [2.05, 4.69) is 60.9 Å². The van der Waals surface area contributed by atoms with Gasteiger partial charge in [0.05, 0.1) is 11.4 Å². The summed E-state index contributed by atoms with van der Waals surface area (Å²) in [5.74, 6) is -0.530. The molecular weight excluding hydrogens is 406 g/mol. The minimum Gasteiger partial charge on any atom is -0.481 e. The molecule has 0 spiro atoms. The maximum Gasteiger partial charge on any atom is 0.341 e. The number of carbonyl (C=O) groups is 1. The van der Waals surface area contributed by atoms with E-state index in [1.807, 2.05) is 13.0 Å². The molecule has 0 aliphatic rings. The van der Waals surface area contributed by atoms with Gasteiger partial charge in [-0.05, 0) is 58.2 Å². The molecule has 7 nitrogen and oxygen atoms in total. The molecule has 166 valence electrons. The Balaban J connectivity index is 1.57. The van der Waals surface area contributed by atoms with Crippen LogP contribution in [0.15, 0.2) is 47.0 Å². The first kappa shape index (κ1) is 21.6. The smallest absolute Gasteiger partial charge is 0.341 e. The monoisotopic (exact) mass is 433 g/mol. The molecule has 0 aliphatic heterocycles. The molecule has 0 amide bonds.